The number of nitrogens with two attached hydrogens (primary N) is 3. The maximum atomic E-state index is 12.1. The minimum atomic E-state index is -1.30. The number of carbonyl (C=O) groups excluding carboxylic acids is 12. The monoisotopic (exact) mass is 1120 g/mol. The van der Waals surface area contributed by atoms with Gasteiger partial charge in [0.25, 0.3) is 0 Å². The average molecular weight is 1120 g/mol. The first-order valence-corrected chi connectivity index (χ1v) is 24.9. The molecule has 0 bridgehead atoms. The zero-order valence-electron chi connectivity index (χ0n) is 41.5. The Morgan fingerprint density at radius 1 is 0.473 bits per heavy atom. The number of aliphatic carboxylic acids is 3. The fraction of sp³-hybridized carbons (Fsp3) is 0.625. The third kappa shape index (κ3) is 40.9. The summed E-state index contributed by atoms with van der Waals surface area (Å²) in [4.78, 5) is 170. The predicted octanol–water partition coefficient (Wildman–Crippen LogP) is -4.07. The molecular formula is C40H68N12O19S3. The van der Waals surface area contributed by atoms with Crippen LogP contribution in [0.2, 0.25) is 0 Å². The molecule has 0 aliphatic carbocycles. The lowest BCUT2D eigenvalue weighted by atomic mass is 10.3. The Hall–Kier alpha value is -6.62. The van der Waals surface area contributed by atoms with Crippen LogP contribution in [0.15, 0.2) is 0 Å². The van der Waals surface area contributed by atoms with Crippen molar-refractivity contribution in [3.05, 3.63) is 0 Å². The van der Waals surface area contributed by atoms with E-state index < -0.39 is 95.3 Å². The summed E-state index contributed by atoms with van der Waals surface area (Å²) in [5, 5.41) is 45.5. The van der Waals surface area contributed by atoms with Crippen molar-refractivity contribution in [2.24, 2.45) is 17.2 Å². The number of nitrogens with one attached hydrogen (secondary N) is 9. The van der Waals surface area contributed by atoms with Crippen molar-refractivity contribution in [3.63, 3.8) is 0 Å². The molecule has 0 radical (unpaired) electrons. The Kier molecular flexibility index (Phi) is 40.5. The average Bonchev–Trinajstić information content (AvgIpc) is 3.32. The second-order valence-electron chi connectivity index (χ2n) is 14.9. The van der Waals surface area contributed by atoms with Gasteiger partial charge in [0.15, 0.2) is 10.2 Å². The van der Waals surface area contributed by atoms with Crippen molar-refractivity contribution in [2.75, 3.05) is 63.1 Å². The quantitative estimate of drug-likeness (QED) is 0.0294. The second kappa shape index (κ2) is 41.8. The lowest BCUT2D eigenvalue weighted by Gasteiger charge is -2.18. The Labute approximate surface area is 437 Å². The molecular weight excluding hydrogens is 1050 g/mol. The number of hydrogen-bond acceptors (Lipinski definition) is 22. The second-order valence-corrected chi connectivity index (χ2v) is 18.1. The van der Waals surface area contributed by atoms with Crippen LogP contribution < -0.4 is 65.1 Å². The van der Waals surface area contributed by atoms with E-state index in [1.54, 1.807) is 6.92 Å². The molecule has 0 unspecified atom stereocenters. The molecule has 0 aromatic rings. The summed E-state index contributed by atoms with van der Waals surface area (Å²) in [6.45, 7) is 7.25. The maximum absolute atomic E-state index is 12.1. The Morgan fingerprint density at radius 3 is 1.05 bits per heavy atom. The number of thioether (sulfide) groups is 3. The van der Waals surface area contributed by atoms with E-state index in [1.165, 1.54) is 27.7 Å². The van der Waals surface area contributed by atoms with Crippen LogP contribution in [-0.4, -0.2) is 201 Å². The molecule has 18 N–H and O–H groups in total. The first kappa shape index (κ1) is 71.6. The van der Waals surface area contributed by atoms with Crippen LogP contribution in [0.25, 0.3) is 0 Å². The number of Topliss-reactive ketones (excluding diaryl/α,β-unsaturated/α-hetero) is 3. The third-order valence-electron chi connectivity index (χ3n) is 8.03. The maximum Gasteiger partial charge on any atom is 0.367 e. The van der Waals surface area contributed by atoms with Crippen molar-refractivity contribution in [3.8, 4) is 0 Å². The number of carboxylic acid groups (broad SMARTS) is 3. The van der Waals surface area contributed by atoms with Gasteiger partial charge in [0.2, 0.25) is 17.7 Å². The minimum Gasteiger partial charge on any atom is -0.480 e. The van der Waals surface area contributed by atoms with Crippen LogP contribution in [0.4, 0.5) is 19.2 Å². The summed E-state index contributed by atoms with van der Waals surface area (Å²) in [5.74, 6) is -6.79. The Bertz CT molecular complexity index is 1950. The van der Waals surface area contributed by atoms with E-state index in [4.69, 9.17) is 37.3 Å². The number of carboxylic acids is 3. The highest BCUT2D eigenvalue weighted by Gasteiger charge is 2.26. The molecule has 420 valence electrons. The van der Waals surface area contributed by atoms with Crippen LogP contribution in [0.3, 0.4) is 0 Å². The van der Waals surface area contributed by atoms with Crippen molar-refractivity contribution >= 4 is 122 Å². The summed E-state index contributed by atoms with van der Waals surface area (Å²) in [7, 11) is 0. The van der Waals surface area contributed by atoms with Gasteiger partial charge in [-0.25, -0.2) is 19.2 Å². The smallest absolute Gasteiger partial charge is 0.367 e. The Balaban J connectivity index is -0.00000102. The molecule has 9 amide bonds. The van der Waals surface area contributed by atoms with Gasteiger partial charge in [-0.2, -0.15) is 0 Å². The van der Waals surface area contributed by atoms with E-state index in [0.29, 0.717) is 18.2 Å². The third-order valence-corrected chi connectivity index (χ3v) is 10.8. The van der Waals surface area contributed by atoms with Gasteiger partial charge in [-0.05, 0) is 45.9 Å². The number of unbranched alkanes of at least 4 members (excludes halogenated alkanes) is 1. The number of hydrogen-bond donors (Lipinski definition) is 15. The predicted molar refractivity (Wildman–Crippen MR) is 268 cm³/mol. The number of rotatable bonds is 31. The first-order valence-electron chi connectivity index (χ1n) is 22.0. The molecule has 0 aliphatic heterocycles. The lowest BCUT2D eigenvalue weighted by molar-refractivity contribution is -0.139. The van der Waals surface area contributed by atoms with Gasteiger partial charge in [0, 0.05) is 50.2 Å². The highest BCUT2D eigenvalue weighted by Crippen LogP contribution is 2.11. The highest BCUT2D eigenvalue weighted by atomic mass is 32.2. The summed E-state index contributed by atoms with van der Waals surface area (Å²) < 4.78 is 4.71. The molecule has 0 rings (SSSR count). The molecule has 6 atom stereocenters. The first-order chi connectivity index (χ1) is 34.5. The zero-order valence-corrected chi connectivity index (χ0v) is 43.9. The van der Waals surface area contributed by atoms with Crippen molar-refractivity contribution in [1.29, 1.82) is 0 Å². The van der Waals surface area contributed by atoms with E-state index in [1.807, 2.05) is 6.92 Å². The van der Waals surface area contributed by atoms with Crippen molar-refractivity contribution in [1.82, 2.24) is 47.9 Å². The van der Waals surface area contributed by atoms with Gasteiger partial charge >= 0.3 is 41.3 Å². The molecule has 0 saturated heterocycles. The summed E-state index contributed by atoms with van der Waals surface area (Å²) in [6, 6.07) is -9.59. The van der Waals surface area contributed by atoms with E-state index in [2.05, 4.69) is 47.9 Å². The number of ether oxygens (including phenoxy) is 1. The number of urea groups is 3. The standard InChI is InChI=1S/C15H26N4O6S.C13H22N4O7S.C12H20N4O6S/c1-3-4-5-12(21)26-8-11(13(22)17-6-9(2)20)19-15(25)18-7-10(16)14(23)24;1-3-24-13(23)25-6-9(10(19)15-4-7(2)18)17-12(22)16-5-8(14)11(20)21;1-6(17)3-14-10(19)9(5-23-7(2)18)16-12(22)15-4-8(13)11(20)21/h10-11H,3-8,16H2,1-2H3,(H,17,22)(H,23,24)(H2,18,19,25);8-9H,3-6,14H2,1-2H3,(H,15,19)(H,20,21)(H2,16,17,22);8-9H,3-5,13H2,1-2H3,(H,14,19)(H,20,21)(H2,15,16,22)/t10-,11-;2*8-,9-/m000/s1. The van der Waals surface area contributed by atoms with Gasteiger partial charge in [0.05, 0.1) is 26.2 Å². The van der Waals surface area contributed by atoms with Gasteiger partial charge in [-0.15, -0.1) is 0 Å². The topological polar surface area (TPSA) is 512 Å². The molecule has 0 heterocycles. The molecule has 0 aromatic heterocycles. The molecule has 34 heteroatoms. The van der Waals surface area contributed by atoms with E-state index in [-0.39, 0.29) is 90.7 Å². The fourth-order valence-corrected chi connectivity index (χ4v) is 6.38. The zero-order chi connectivity index (χ0) is 57.5. The van der Waals surface area contributed by atoms with Crippen molar-refractivity contribution < 1.29 is 92.0 Å². The summed E-state index contributed by atoms with van der Waals surface area (Å²) in [5.41, 5.74) is 15.7. The summed E-state index contributed by atoms with van der Waals surface area (Å²) >= 11 is 2.41. The van der Waals surface area contributed by atoms with Gasteiger partial charge < -0.3 is 85.1 Å². The van der Waals surface area contributed by atoms with Crippen molar-refractivity contribution in [2.45, 2.75) is 97.1 Å². The van der Waals surface area contributed by atoms with Crippen LogP contribution in [-0.2, 0) is 57.5 Å². The molecule has 31 nitrogen and oxygen atoms in total. The van der Waals surface area contributed by atoms with Crippen LogP contribution >= 0.6 is 35.3 Å². The highest BCUT2D eigenvalue weighted by molar-refractivity contribution is 8.14. The van der Waals surface area contributed by atoms with Gasteiger partial charge in [-0.3, -0.25) is 52.7 Å². The SMILES string of the molecule is CC(=O)CNC(=O)[C@H](CSC(C)=O)NC(=O)NC[C@H](N)C(=O)O.CCCCC(=O)SC[C@H](NC(=O)NC[C@H](N)C(=O)O)C(=O)NCC(C)=O.CCOC(=O)SC[C@H](NC(=O)NC[C@H](N)C(=O)O)C(=O)NCC(C)=O. The molecule has 74 heavy (non-hydrogen) atoms. The summed E-state index contributed by atoms with van der Waals surface area (Å²) in [6.07, 6.45) is 1.95. The molecule has 0 aromatic carbocycles. The van der Waals surface area contributed by atoms with Crippen LogP contribution in [0.1, 0.15) is 60.8 Å². The number of amides is 9. The van der Waals surface area contributed by atoms with Crippen LogP contribution in [0, 0.1) is 0 Å². The largest absolute Gasteiger partial charge is 0.480 e. The lowest BCUT2D eigenvalue weighted by Crippen LogP contribution is -2.54. The number of ketones is 3. The molecule has 0 aliphatic rings. The van der Waals surface area contributed by atoms with E-state index >= 15 is 0 Å². The van der Waals surface area contributed by atoms with Crippen LogP contribution in [0.5, 0.6) is 0 Å². The van der Waals surface area contributed by atoms with E-state index in [0.717, 1.165) is 36.4 Å². The Morgan fingerprint density at radius 2 is 0.784 bits per heavy atom. The molecule has 0 spiro atoms. The molecule has 0 fully saturated rings. The van der Waals surface area contributed by atoms with Gasteiger partial charge in [0.1, 0.15) is 53.6 Å². The number of carbonyl (C=O) groups is 15. The molecule has 0 saturated carbocycles. The normalized spacial score (nSPS) is 12.6. The fourth-order valence-electron chi connectivity index (χ4n) is 4.13. The van der Waals surface area contributed by atoms with E-state index in [9.17, 15) is 71.9 Å². The minimum absolute atomic E-state index is 0.00924. The van der Waals surface area contributed by atoms with Gasteiger partial charge in [-0.1, -0.05) is 36.9 Å².